The van der Waals surface area contributed by atoms with Gasteiger partial charge in [-0.3, -0.25) is 14.5 Å². The van der Waals surface area contributed by atoms with Gasteiger partial charge >= 0.3 is 0 Å². The van der Waals surface area contributed by atoms with Crippen molar-refractivity contribution in [3.8, 4) is 11.3 Å². The molecule has 1 atom stereocenters. The number of aromatic nitrogens is 2. The van der Waals surface area contributed by atoms with Gasteiger partial charge in [0.05, 0.1) is 5.69 Å². The SMILES string of the molecule is CCCCc1ccccc1C(=O)Nc1cccc(-c2cn(C)c(=O)c(Nc3ccc(CN4CCCCC4C)cc3)n2)c1C. The van der Waals surface area contributed by atoms with Gasteiger partial charge in [0.1, 0.15) is 0 Å². The predicted octanol–water partition coefficient (Wildman–Crippen LogP) is 7.47. The number of carbonyl (C=O) groups excluding carboxylic acids is 1. The van der Waals surface area contributed by atoms with Gasteiger partial charge in [0, 0.05) is 48.3 Å². The first-order valence-electron chi connectivity index (χ1n) is 15.5. The number of anilines is 3. The first-order chi connectivity index (χ1) is 20.8. The standard InChI is InChI=1S/C36H43N5O2/c1-5-6-13-28-14-7-8-15-31(28)35(42)39-32-17-11-16-30(26(32)3)33-24-40(4)36(43)34(38-33)37-29-20-18-27(19-21-29)23-41-22-10-9-12-25(41)2/h7-8,11,14-21,24-25H,5-6,9-10,12-13,22-23H2,1-4H3,(H,37,38)(H,39,42). The summed E-state index contributed by atoms with van der Waals surface area (Å²) in [5.41, 5.74) is 6.73. The lowest BCUT2D eigenvalue weighted by Gasteiger charge is -2.33. The van der Waals surface area contributed by atoms with E-state index in [1.165, 1.54) is 24.8 Å². The lowest BCUT2D eigenvalue weighted by Crippen LogP contribution is -2.36. The predicted molar refractivity (Wildman–Crippen MR) is 176 cm³/mol. The molecular weight excluding hydrogens is 534 g/mol. The van der Waals surface area contributed by atoms with Crippen LogP contribution >= 0.6 is 0 Å². The van der Waals surface area contributed by atoms with Gasteiger partial charge in [-0.15, -0.1) is 0 Å². The van der Waals surface area contributed by atoms with Gasteiger partial charge in [0.2, 0.25) is 0 Å². The molecule has 224 valence electrons. The summed E-state index contributed by atoms with van der Waals surface area (Å²) < 4.78 is 1.55. The van der Waals surface area contributed by atoms with Crippen LogP contribution in [-0.4, -0.2) is 32.9 Å². The maximum Gasteiger partial charge on any atom is 0.293 e. The minimum Gasteiger partial charge on any atom is -0.336 e. The van der Waals surface area contributed by atoms with E-state index in [1.54, 1.807) is 17.8 Å². The fraction of sp³-hybridized carbons (Fsp3) is 0.361. The molecule has 43 heavy (non-hydrogen) atoms. The van der Waals surface area contributed by atoms with E-state index in [9.17, 15) is 9.59 Å². The summed E-state index contributed by atoms with van der Waals surface area (Å²) in [5, 5.41) is 6.36. The van der Waals surface area contributed by atoms with E-state index in [0.29, 0.717) is 17.3 Å². The van der Waals surface area contributed by atoms with E-state index < -0.39 is 0 Å². The molecule has 7 nitrogen and oxygen atoms in total. The number of hydrogen-bond donors (Lipinski definition) is 2. The third kappa shape index (κ3) is 7.23. The fourth-order valence-electron chi connectivity index (χ4n) is 5.84. The second kappa shape index (κ2) is 13.8. The van der Waals surface area contributed by atoms with E-state index in [-0.39, 0.29) is 17.3 Å². The lowest BCUT2D eigenvalue weighted by molar-refractivity contribution is 0.102. The summed E-state index contributed by atoms with van der Waals surface area (Å²) in [4.78, 5) is 33.7. The highest BCUT2D eigenvalue weighted by atomic mass is 16.1. The van der Waals surface area contributed by atoms with Crippen LogP contribution in [0.4, 0.5) is 17.2 Å². The maximum atomic E-state index is 13.3. The molecule has 4 aromatic rings. The first kappa shape index (κ1) is 30.2. The van der Waals surface area contributed by atoms with Gasteiger partial charge in [0.25, 0.3) is 11.5 Å². The van der Waals surface area contributed by atoms with Crippen molar-refractivity contribution in [2.45, 2.75) is 71.9 Å². The van der Waals surface area contributed by atoms with Crippen molar-refractivity contribution in [2.75, 3.05) is 17.2 Å². The summed E-state index contributed by atoms with van der Waals surface area (Å²) in [5.74, 6) is 0.136. The number of rotatable bonds is 10. The molecular formula is C36H43N5O2. The zero-order chi connectivity index (χ0) is 30.3. The smallest absolute Gasteiger partial charge is 0.293 e. The molecule has 1 amide bonds. The Bertz CT molecular complexity index is 1630. The highest BCUT2D eigenvalue weighted by Crippen LogP contribution is 2.29. The Labute approximate surface area is 255 Å². The molecule has 1 aliphatic rings. The van der Waals surface area contributed by atoms with Crippen LogP contribution in [0, 0.1) is 6.92 Å². The highest BCUT2D eigenvalue weighted by Gasteiger charge is 2.19. The van der Waals surface area contributed by atoms with Crippen molar-refractivity contribution in [3.05, 3.63) is 106 Å². The number of likely N-dealkylation sites (tertiary alicyclic amines) is 1. The Kier molecular flexibility index (Phi) is 9.72. The molecule has 2 heterocycles. The second-order valence-corrected chi connectivity index (χ2v) is 11.7. The number of nitrogens with zero attached hydrogens (tertiary/aromatic N) is 3. The van der Waals surface area contributed by atoms with Crippen LogP contribution in [0.1, 0.15) is 73.0 Å². The number of unbranched alkanes of at least 4 members (excludes halogenated alkanes) is 1. The van der Waals surface area contributed by atoms with Gasteiger partial charge in [0.15, 0.2) is 5.82 Å². The fourth-order valence-corrected chi connectivity index (χ4v) is 5.84. The quantitative estimate of drug-likeness (QED) is 0.204. The number of hydrogen-bond acceptors (Lipinski definition) is 5. The average molecular weight is 578 g/mol. The van der Waals surface area contributed by atoms with Crippen LogP contribution in [0.3, 0.4) is 0 Å². The summed E-state index contributed by atoms with van der Waals surface area (Å²) in [6.07, 6.45) is 8.55. The molecule has 2 N–H and O–H groups in total. The number of piperidine rings is 1. The molecule has 0 bridgehead atoms. The Hall–Kier alpha value is -4.23. The molecule has 1 fully saturated rings. The molecule has 3 aromatic carbocycles. The minimum atomic E-state index is -0.208. The molecule has 1 aromatic heterocycles. The van der Waals surface area contributed by atoms with E-state index in [1.807, 2.05) is 61.5 Å². The van der Waals surface area contributed by atoms with E-state index in [2.05, 4.69) is 41.5 Å². The molecule has 0 spiro atoms. The number of carbonyl (C=O) groups is 1. The molecule has 0 aliphatic carbocycles. The molecule has 1 saturated heterocycles. The summed E-state index contributed by atoms with van der Waals surface area (Å²) in [7, 11) is 1.73. The topological polar surface area (TPSA) is 79.3 Å². The monoisotopic (exact) mass is 577 g/mol. The molecule has 0 saturated carbocycles. The lowest BCUT2D eigenvalue weighted by atomic mass is 10.0. The highest BCUT2D eigenvalue weighted by molar-refractivity contribution is 6.06. The third-order valence-electron chi connectivity index (χ3n) is 8.53. The molecule has 1 unspecified atom stereocenters. The van der Waals surface area contributed by atoms with Gasteiger partial charge in [-0.05, 0) is 87.0 Å². The van der Waals surface area contributed by atoms with Crippen LogP contribution in [-0.2, 0) is 20.0 Å². The second-order valence-electron chi connectivity index (χ2n) is 11.7. The normalized spacial score (nSPS) is 15.3. The molecule has 7 heteroatoms. The number of amides is 1. The van der Waals surface area contributed by atoms with Crippen molar-refractivity contribution < 1.29 is 4.79 Å². The molecule has 5 rings (SSSR count). The van der Waals surface area contributed by atoms with Gasteiger partial charge in [-0.1, -0.05) is 62.2 Å². The van der Waals surface area contributed by atoms with Crippen LogP contribution < -0.4 is 16.2 Å². The Morgan fingerprint density at radius 3 is 2.58 bits per heavy atom. The Morgan fingerprint density at radius 1 is 1.02 bits per heavy atom. The van der Waals surface area contributed by atoms with Crippen LogP contribution in [0.15, 0.2) is 77.7 Å². The van der Waals surface area contributed by atoms with Crippen LogP contribution in [0.2, 0.25) is 0 Å². The van der Waals surface area contributed by atoms with Gasteiger partial charge in [-0.25, -0.2) is 4.98 Å². The van der Waals surface area contributed by atoms with Gasteiger partial charge in [-0.2, -0.15) is 0 Å². The van der Waals surface area contributed by atoms with Crippen molar-refractivity contribution in [1.82, 2.24) is 14.5 Å². The van der Waals surface area contributed by atoms with Gasteiger partial charge < -0.3 is 15.2 Å². The van der Waals surface area contributed by atoms with Crippen LogP contribution in [0.25, 0.3) is 11.3 Å². The summed E-state index contributed by atoms with van der Waals surface area (Å²) >= 11 is 0. The number of nitrogens with one attached hydrogen (secondary N) is 2. The largest absolute Gasteiger partial charge is 0.336 e. The Balaban J connectivity index is 1.35. The number of benzene rings is 3. The van der Waals surface area contributed by atoms with E-state index in [0.717, 1.165) is 60.4 Å². The number of aryl methyl sites for hydroxylation is 2. The van der Waals surface area contributed by atoms with Crippen LogP contribution in [0.5, 0.6) is 0 Å². The molecule has 1 aliphatic heterocycles. The van der Waals surface area contributed by atoms with E-state index in [4.69, 9.17) is 4.98 Å². The van der Waals surface area contributed by atoms with Crippen molar-refractivity contribution >= 4 is 23.1 Å². The van der Waals surface area contributed by atoms with Crippen molar-refractivity contribution in [3.63, 3.8) is 0 Å². The van der Waals surface area contributed by atoms with E-state index >= 15 is 0 Å². The first-order valence-corrected chi connectivity index (χ1v) is 15.5. The van der Waals surface area contributed by atoms with Crippen molar-refractivity contribution in [2.24, 2.45) is 7.05 Å². The van der Waals surface area contributed by atoms with Crippen molar-refractivity contribution in [1.29, 1.82) is 0 Å². The zero-order valence-electron chi connectivity index (χ0n) is 25.8. The maximum absolute atomic E-state index is 13.3. The summed E-state index contributed by atoms with van der Waals surface area (Å²) in [6.45, 7) is 8.51. The average Bonchev–Trinajstić information content (AvgIpc) is 3.01. The molecule has 0 radical (unpaired) electrons. The summed E-state index contributed by atoms with van der Waals surface area (Å²) in [6, 6.07) is 22.4. The third-order valence-corrected chi connectivity index (χ3v) is 8.53. The zero-order valence-corrected chi connectivity index (χ0v) is 25.8. The Morgan fingerprint density at radius 2 is 1.81 bits per heavy atom. The minimum absolute atomic E-state index is 0.124.